The van der Waals surface area contributed by atoms with Crippen LogP contribution in [0.25, 0.3) is 0 Å². The van der Waals surface area contributed by atoms with Crippen LogP contribution in [0.4, 0.5) is 13.2 Å². The van der Waals surface area contributed by atoms with Crippen molar-refractivity contribution >= 4 is 17.3 Å². The molecule has 0 radical (unpaired) electrons. The SMILES string of the molecule is O=C(O)c1cc(Oc2ncccc2C(F)(F)F)cs1. The maximum atomic E-state index is 12.7. The van der Waals surface area contributed by atoms with Crippen LogP contribution >= 0.6 is 11.3 Å². The molecule has 0 amide bonds. The smallest absolute Gasteiger partial charge is 0.421 e. The maximum Gasteiger partial charge on any atom is 0.421 e. The lowest BCUT2D eigenvalue weighted by Gasteiger charge is -2.10. The van der Waals surface area contributed by atoms with Gasteiger partial charge in [-0.2, -0.15) is 13.2 Å². The van der Waals surface area contributed by atoms with Crippen LogP contribution in [0.1, 0.15) is 15.2 Å². The second kappa shape index (κ2) is 4.88. The number of pyridine rings is 1. The molecule has 2 rings (SSSR count). The van der Waals surface area contributed by atoms with Gasteiger partial charge in [-0.15, -0.1) is 11.3 Å². The number of aromatic carboxylic acids is 1. The van der Waals surface area contributed by atoms with E-state index in [-0.39, 0.29) is 10.6 Å². The largest absolute Gasteiger partial charge is 0.477 e. The van der Waals surface area contributed by atoms with Gasteiger partial charge in [-0.1, -0.05) is 0 Å². The molecule has 0 spiro atoms. The number of thiophene rings is 1. The number of ether oxygens (including phenoxy) is 1. The first kappa shape index (κ1) is 13.3. The molecule has 0 bridgehead atoms. The topological polar surface area (TPSA) is 59.4 Å². The maximum absolute atomic E-state index is 12.7. The van der Waals surface area contributed by atoms with E-state index in [9.17, 15) is 18.0 Å². The van der Waals surface area contributed by atoms with Crippen LogP contribution in [-0.4, -0.2) is 16.1 Å². The molecule has 0 fully saturated rings. The van der Waals surface area contributed by atoms with Crippen molar-refractivity contribution in [1.29, 1.82) is 0 Å². The van der Waals surface area contributed by atoms with Gasteiger partial charge >= 0.3 is 12.1 Å². The van der Waals surface area contributed by atoms with Crippen LogP contribution in [0.2, 0.25) is 0 Å². The Bertz CT molecular complexity index is 609. The molecule has 0 atom stereocenters. The zero-order valence-corrected chi connectivity index (χ0v) is 9.96. The van der Waals surface area contributed by atoms with Gasteiger partial charge in [0.15, 0.2) is 0 Å². The molecule has 0 aliphatic heterocycles. The van der Waals surface area contributed by atoms with Crippen molar-refractivity contribution in [1.82, 2.24) is 4.98 Å². The van der Waals surface area contributed by atoms with Crippen LogP contribution in [0.5, 0.6) is 11.6 Å². The number of rotatable bonds is 3. The van der Waals surface area contributed by atoms with E-state index in [4.69, 9.17) is 9.84 Å². The number of carbonyl (C=O) groups is 1. The van der Waals surface area contributed by atoms with Crippen molar-refractivity contribution in [3.05, 3.63) is 40.2 Å². The highest BCUT2D eigenvalue weighted by atomic mass is 32.1. The predicted molar refractivity (Wildman–Crippen MR) is 60.6 cm³/mol. The van der Waals surface area contributed by atoms with Gasteiger partial charge in [0.05, 0.1) is 0 Å². The van der Waals surface area contributed by atoms with Gasteiger partial charge < -0.3 is 9.84 Å². The Morgan fingerprint density at radius 3 is 2.74 bits per heavy atom. The van der Waals surface area contributed by atoms with Gasteiger partial charge in [0, 0.05) is 17.6 Å². The highest BCUT2D eigenvalue weighted by Gasteiger charge is 2.35. The Morgan fingerprint density at radius 2 is 2.16 bits per heavy atom. The Hall–Kier alpha value is -2.09. The van der Waals surface area contributed by atoms with E-state index in [1.165, 1.54) is 5.38 Å². The minimum atomic E-state index is -4.59. The zero-order chi connectivity index (χ0) is 14.0. The van der Waals surface area contributed by atoms with E-state index in [1.807, 2.05) is 0 Å². The molecule has 8 heteroatoms. The molecular formula is C11H6F3NO3S. The van der Waals surface area contributed by atoms with Crippen LogP contribution < -0.4 is 4.74 Å². The third-order valence-corrected chi connectivity index (χ3v) is 2.97. The second-order valence-electron chi connectivity index (χ2n) is 3.41. The fraction of sp³-hybridized carbons (Fsp3) is 0.0909. The third-order valence-electron chi connectivity index (χ3n) is 2.08. The van der Waals surface area contributed by atoms with Gasteiger partial charge in [0.1, 0.15) is 16.2 Å². The fourth-order valence-corrected chi connectivity index (χ4v) is 1.93. The number of carboxylic acids is 1. The minimum absolute atomic E-state index is 0.00611. The van der Waals surface area contributed by atoms with Crippen LogP contribution in [-0.2, 0) is 6.18 Å². The summed E-state index contributed by atoms with van der Waals surface area (Å²) in [5.41, 5.74) is -1.02. The van der Waals surface area contributed by atoms with Crippen molar-refractivity contribution in [3.8, 4) is 11.6 Å². The first-order chi connectivity index (χ1) is 8.88. The summed E-state index contributed by atoms with van der Waals surface area (Å²) in [6.45, 7) is 0. The first-order valence-electron chi connectivity index (χ1n) is 4.90. The number of hydrogen-bond acceptors (Lipinski definition) is 4. The Kier molecular flexibility index (Phi) is 3.43. The van der Waals surface area contributed by atoms with E-state index in [0.29, 0.717) is 0 Å². The summed E-state index contributed by atoms with van der Waals surface area (Å²) in [6.07, 6.45) is -3.43. The lowest BCUT2D eigenvalue weighted by atomic mass is 10.2. The molecular weight excluding hydrogens is 283 g/mol. The molecule has 19 heavy (non-hydrogen) atoms. The van der Waals surface area contributed by atoms with Crippen molar-refractivity contribution in [2.75, 3.05) is 0 Å². The average molecular weight is 289 g/mol. The molecule has 0 aromatic carbocycles. The highest BCUT2D eigenvalue weighted by Crippen LogP contribution is 2.37. The number of nitrogens with zero attached hydrogens (tertiary/aromatic N) is 1. The first-order valence-corrected chi connectivity index (χ1v) is 5.78. The van der Waals surface area contributed by atoms with Gasteiger partial charge in [0.2, 0.25) is 5.88 Å². The molecule has 2 aromatic rings. The number of alkyl halides is 3. The summed E-state index contributed by atoms with van der Waals surface area (Å²) in [5.74, 6) is -1.77. The normalized spacial score (nSPS) is 11.3. The van der Waals surface area contributed by atoms with E-state index < -0.39 is 23.6 Å². The summed E-state index contributed by atoms with van der Waals surface area (Å²) >= 11 is 0.857. The molecule has 0 aliphatic rings. The van der Waals surface area contributed by atoms with Gasteiger partial charge in [-0.3, -0.25) is 0 Å². The highest BCUT2D eigenvalue weighted by molar-refractivity contribution is 7.12. The molecule has 2 heterocycles. The summed E-state index contributed by atoms with van der Waals surface area (Å²) in [7, 11) is 0. The molecule has 0 saturated carbocycles. The van der Waals surface area contributed by atoms with Gasteiger partial charge in [-0.05, 0) is 12.1 Å². The van der Waals surface area contributed by atoms with Crippen LogP contribution in [0, 0.1) is 0 Å². The van der Waals surface area contributed by atoms with E-state index in [0.717, 1.165) is 35.7 Å². The number of halogens is 3. The van der Waals surface area contributed by atoms with Crippen molar-refractivity contribution < 1.29 is 27.8 Å². The number of carboxylic acid groups (broad SMARTS) is 1. The van der Waals surface area contributed by atoms with Crippen LogP contribution in [0.3, 0.4) is 0 Å². The van der Waals surface area contributed by atoms with Gasteiger partial charge in [-0.25, -0.2) is 9.78 Å². The molecule has 100 valence electrons. The van der Waals surface area contributed by atoms with E-state index in [2.05, 4.69) is 4.98 Å². The van der Waals surface area contributed by atoms with Gasteiger partial charge in [0.25, 0.3) is 0 Å². The van der Waals surface area contributed by atoms with E-state index in [1.54, 1.807) is 0 Å². The molecule has 0 saturated heterocycles. The molecule has 0 aliphatic carbocycles. The Balaban J connectivity index is 2.30. The Morgan fingerprint density at radius 1 is 1.42 bits per heavy atom. The second-order valence-corrected chi connectivity index (χ2v) is 4.32. The lowest BCUT2D eigenvalue weighted by molar-refractivity contribution is -0.138. The monoisotopic (exact) mass is 289 g/mol. The zero-order valence-electron chi connectivity index (χ0n) is 9.14. The van der Waals surface area contributed by atoms with Crippen LogP contribution in [0.15, 0.2) is 29.8 Å². The van der Waals surface area contributed by atoms with Crippen molar-refractivity contribution in [2.45, 2.75) is 6.18 Å². The average Bonchev–Trinajstić information content (AvgIpc) is 2.77. The number of aromatic nitrogens is 1. The predicted octanol–water partition coefficient (Wildman–Crippen LogP) is 3.65. The molecule has 0 unspecified atom stereocenters. The summed E-state index contributed by atoms with van der Waals surface area (Å²) in [6, 6.07) is 3.13. The lowest BCUT2D eigenvalue weighted by Crippen LogP contribution is -2.07. The quantitative estimate of drug-likeness (QED) is 0.937. The standard InChI is InChI=1S/C11H6F3NO3S/c12-11(13,14)7-2-1-3-15-9(7)18-6-4-8(10(16)17)19-5-6/h1-5H,(H,16,17). The summed E-state index contributed by atoms with van der Waals surface area (Å²) < 4.78 is 43.0. The summed E-state index contributed by atoms with van der Waals surface area (Å²) in [5, 5.41) is 10.0. The summed E-state index contributed by atoms with van der Waals surface area (Å²) in [4.78, 5) is 14.1. The van der Waals surface area contributed by atoms with Crippen molar-refractivity contribution in [2.24, 2.45) is 0 Å². The van der Waals surface area contributed by atoms with Crippen molar-refractivity contribution in [3.63, 3.8) is 0 Å². The Labute approximate surface area is 109 Å². The molecule has 2 aromatic heterocycles. The molecule has 4 nitrogen and oxygen atoms in total. The molecule has 1 N–H and O–H groups in total. The fourth-order valence-electron chi connectivity index (χ4n) is 1.28. The number of hydrogen-bond donors (Lipinski definition) is 1. The van der Waals surface area contributed by atoms with E-state index >= 15 is 0 Å². The third kappa shape index (κ3) is 3.02. The minimum Gasteiger partial charge on any atom is -0.477 e.